The molecule has 0 spiro atoms. The number of fused-ring (bicyclic) bond motifs is 2. The van der Waals surface area contributed by atoms with E-state index in [-0.39, 0.29) is 23.6 Å². The van der Waals surface area contributed by atoms with E-state index in [2.05, 4.69) is 4.98 Å². The fourth-order valence-corrected chi connectivity index (χ4v) is 4.31. The first-order chi connectivity index (χ1) is 14.1. The number of thiophene rings is 1. The Morgan fingerprint density at radius 3 is 2.72 bits per heavy atom. The molecule has 0 fully saturated rings. The lowest BCUT2D eigenvalue weighted by atomic mass is 10.1. The van der Waals surface area contributed by atoms with Crippen LogP contribution in [0.2, 0.25) is 5.02 Å². The fourth-order valence-electron chi connectivity index (χ4n) is 3.27. The lowest BCUT2D eigenvalue weighted by Gasteiger charge is -2.05. The van der Waals surface area contributed by atoms with Crippen molar-refractivity contribution in [2.75, 3.05) is 0 Å². The first-order valence-electron chi connectivity index (χ1n) is 8.84. The van der Waals surface area contributed by atoms with Crippen LogP contribution in [0.15, 0.2) is 75.5 Å². The van der Waals surface area contributed by atoms with Crippen molar-refractivity contribution >= 4 is 49.9 Å². The van der Waals surface area contributed by atoms with Crippen LogP contribution < -0.4 is 5.56 Å². The SMILES string of the molecule is O=C(Cn1cnc2scc(-c3ccc(Cl)cc3)c2c1=O)c1cc2ccccc2o1. The van der Waals surface area contributed by atoms with Gasteiger partial charge in [-0.3, -0.25) is 14.2 Å². The van der Waals surface area contributed by atoms with Gasteiger partial charge in [-0.15, -0.1) is 11.3 Å². The summed E-state index contributed by atoms with van der Waals surface area (Å²) in [7, 11) is 0. The number of hydrogen-bond donors (Lipinski definition) is 0. The Kier molecular flexibility index (Phi) is 4.30. The molecular formula is C22H13ClN2O3S. The molecule has 0 N–H and O–H groups in total. The topological polar surface area (TPSA) is 65.1 Å². The molecule has 0 aliphatic heterocycles. The Bertz CT molecular complexity index is 1400. The Morgan fingerprint density at radius 2 is 1.93 bits per heavy atom. The van der Waals surface area contributed by atoms with Gasteiger partial charge in [0, 0.05) is 21.4 Å². The van der Waals surface area contributed by atoms with Crippen molar-refractivity contribution in [3.63, 3.8) is 0 Å². The first-order valence-corrected chi connectivity index (χ1v) is 10.1. The Hall–Kier alpha value is -3.22. The number of furan rings is 1. The summed E-state index contributed by atoms with van der Waals surface area (Å²) in [6, 6.07) is 16.4. The van der Waals surface area contributed by atoms with Gasteiger partial charge in [-0.25, -0.2) is 4.98 Å². The quantitative estimate of drug-likeness (QED) is 0.365. The van der Waals surface area contributed by atoms with Crippen LogP contribution >= 0.6 is 22.9 Å². The van der Waals surface area contributed by atoms with E-state index in [1.807, 2.05) is 35.7 Å². The number of carbonyl (C=O) groups excluding carboxylic acids is 1. The zero-order chi connectivity index (χ0) is 20.0. The largest absolute Gasteiger partial charge is 0.453 e. The molecule has 5 aromatic rings. The van der Waals surface area contributed by atoms with Crippen molar-refractivity contribution in [2.45, 2.75) is 6.54 Å². The van der Waals surface area contributed by atoms with Crippen LogP contribution in [0.1, 0.15) is 10.6 Å². The van der Waals surface area contributed by atoms with Crippen molar-refractivity contribution in [3.8, 4) is 11.1 Å². The van der Waals surface area contributed by atoms with Crippen molar-refractivity contribution in [3.05, 3.63) is 87.4 Å². The third-order valence-corrected chi connectivity index (χ3v) is 5.87. The number of ketones is 1. The number of carbonyl (C=O) groups is 1. The minimum absolute atomic E-state index is 0.141. The molecule has 7 heteroatoms. The normalized spacial score (nSPS) is 11.3. The number of para-hydroxylation sites is 1. The molecule has 142 valence electrons. The lowest BCUT2D eigenvalue weighted by Crippen LogP contribution is -2.24. The lowest BCUT2D eigenvalue weighted by molar-refractivity contribution is 0.0945. The summed E-state index contributed by atoms with van der Waals surface area (Å²) in [5.41, 5.74) is 2.04. The standard InChI is InChI=1S/C22H13ClN2O3S/c23-15-7-5-13(6-8-15)16-11-29-21-20(16)22(27)25(12-24-21)10-17(26)19-9-14-3-1-2-4-18(14)28-19/h1-9,11-12H,10H2. The van der Waals surface area contributed by atoms with Gasteiger partial charge in [-0.05, 0) is 29.8 Å². The number of hydrogen-bond acceptors (Lipinski definition) is 5. The molecular weight excluding hydrogens is 408 g/mol. The first kappa shape index (κ1) is 17.8. The molecule has 3 heterocycles. The number of aromatic nitrogens is 2. The smallest absolute Gasteiger partial charge is 0.263 e. The number of halogens is 1. The summed E-state index contributed by atoms with van der Waals surface area (Å²) in [5, 5.41) is 3.87. The van der Waals surface area contributed by atoms with E-state index < -0.39 is 0 Å². The van der Waals surface area contributed by atoms with Crippen LogP contribution in [0, 0.1) is 0 Å². The molecule has 0 amide bonds. The maximum atomic E-state index is 13.1. The molecule has 0 unspecified atom stereocenters. The molecule has 0 aliphatic carbocycles. The Morgan fingerprint density at radius 1 is 1.14 bits per heavy atom. The highest BCUT2D eigenvalue weighted by atomic mass is 35.5. The molecule has 29 heavy (non-hydrogen) atoms. The molecule has 5 nitrogen and oxygen atoms in total. The molecule has 0 aliphatic rings. The van der Waals surface area contributed by atoms with Gasteiger partial charge in [-0.1, -0.05) is 41.9 Å². The van der Waals surface area contributed by atoms with Crippen LogP contribution in [0.4, 0.5) is 0 Å². The predicted molar refractivity (Wildman–Crippen MR) is 115 cm³/mol. The van der Waals surface area contributed by atoms with Crippen LogP contribution in [-0.2, 0) is 6.54 Å². The summed E-state index contributed by atoms with van der Waals surface area (Å²) < 4.78 is 6.95. The molecule has 0 saturated carbocycles. The van der Waals surface area contributed by atoms with E-state index in [1.54, 1.807) is 24.3 Å². The zero-order valence-electron chi connectivity index (χ0n) is 15.0. The van der Waals surface area contributed by atoms with E-state index in [1.165, 1.54) is 22.2 Å². The third-order valence-electron chi connectivity index (χ3n) is 4.73. The molecule has 0 radical (unpaired) electrons. The van der Waals surface area contributed by atoms with Crippen LogP contribution in [0.25, 0.3) is 32.3 Å². The van der Waals surface area contributed by atoms with Gasteiger partial charge in [0.1, 0.15) is 10.4 Å². The number of Topliss-reactive ketones (excluding diaryl/α,β-unsaturated/α-hetero) is 1. The Balaban J connectivity index is 1.54. The van der Waals surface area contributed by atoms with Crippen molar-refractivity contribution < 1.29 is 9.21 Å². The number of rotatable bonds is 4. The van der Waals surface area contributed by atoms with Crippen molar-refractivity contribution in [2.24, 2.45) is 0 Å². The maximum Gasteiger partial charge on any atom is 0.263 e. The van der Waals surface area contributed by atoms with Crippen LogP contribution in [0.5, 0.6) is 0 Å². The second-order valence-electron chi connectivity index (χ2n) is 6.59. The molecule has 0 bridgehead atoms. The molecule has 0 saturated heterocycles. The second kappa shape index (κ2) is 6.99. The summed E-state index contributed by atoms with van der Waals surface area (Å²) >= 11 is 7.36. The van der Waals surface area contributed by atoms with E-state index in [0.717, 1.165) is 16.5 Å². The van der Waals surface area contributed by atoms with E-state index in [9.17, 15) is 9.59 Å². The average molecular weight is 421 g/mol. The van der Waals surface area contributed by atoms with Crippen molar-refractivity contribution in [1.82, 2.24) is 9.55 Å². The Labute approximate surface area is 173 Å². The highest BCUT2D eigenvalue weighted by Crippen LogP contribution is 2.31. The van der Waals surface area contributed by atoms with E-state index in [4.69, 9.17) is 16.0 Å². The van der Waals surface area contributed by atoms with E-state index >= 15 is 0 Å². The third kappa shape index (κ3) is 3.16. The monoisotopic (exact) mass is 420 g/mol. The number of nitrogens with zero attached hydrogens (tertiary/aromatic N) is 2. The number of benzene rings is 2. The second-order valence-corrected chi connectivity index (χ2v) is 7.88. The van der Waals surface area contributed by atoms with Gasteiger partial charge in [0.2, 0.25) is 5.78 Å². The van der Waals surface area contributed by atoms with Crippen molar-refractivity contribution in [1.29, 1.82) is 0 Å². The van der Waals surface area contributed by atoms with Crippen LogP contribution in [0.3, 0.4) is 0 Å². The maximum absolute atomic E-state index is 13.1. The summed E-state index contributed by atoms with van der Waals surface area (Å²) in [6.07, 6.45) is 1.41. The van der Waals surface area contributed by atoms with Gasteiger partial charge in [0.25, 0.3) is 5.56 Å². The highest BCUT2D eigenvalue weighted by molar-refractivity contribution is 7.17. The average Bonchev–Trinajstić information content (AvgIpc) is 3.35. The molecule has 5 rings (SSSR count). The fraction of sp³-hybridized carbons (Fsp3) is 0.0455. The zero-order valence-corrected chi connectivity index (χ0v) is 16.5. The molecule has 3 aromatic heterocycles. The van der Waals surface area contributed by atoms with E-state index in [0.29, 0.717) is 20.8 Å². The van der Waals surface area contributed by atoms with Gasteiger partial charge in [0.05, 0.1) is 18.3 Å². The summed E-state index contributed by atoms with van der Waals surface area (Å²) in [5.74, 6) is -0.0610. The van der Waals surface area contributed by atoms with Gasteiger partial charge in [0.15, 0.2) is 5.76 Å². The van der Waals surface area contributed by atoms with Gasteiger partial charge in [-0.2, -0.15) is 0 Å². The van der Waals surface area contributed by atoms with Gasteiger partial charge >= 0.3 is 0 Å². The predicted octanol–water partition coefficient (Wildman–Crippen LogP) is 5.41. The molecule has 0 atom stereocenters. The summed E-state index contributed by atoms with van der Waals surface area (Å²) in [6.45, 7) is -0.141. The van der Waals surface area contributed by atoms with Gasteiger partial charge < -0.3 is 4.42 Å². The summed E-state index contributed by atoms with van der Waals surface area (Å²) in [4.78, 5) is 30.8. The minimum atomic E-state index is -0.285. The molecule has 2 aromatic carbocycles. The highest BCUT2D eigenvalue weighted by Gasteiger charge is 2.17. The van der Waals surface area contributed by atoms with Crippen LogP contribution in [-0.4, -0.2) is 15.3 Å². The minimum Gasteiger partial charge on any atom is -0.453 e.